The zero-order valence-corrected chi connectivity index (χ0v) is 11.6. The van der Waals surface area contributed by atoms with Gasteiger partial charge in [0.1, 0.15) is 10.7 Å². The standard InChI is InChI=1S/C12H14N6OS/c13-5-8-6-18(2-3-19-8)7-10-15-11(17-14)9-1-4-20-12(9)16-10/h1,4,8H,2-3,6-7,14H2,(H,15,16,17). The lowest BCUT2D eigenvalue weighted by atomic mass is 10.3. The van der Waals surface area contributed by atoms with E-state index in [0.29, 0.717) is 31.3 Å². The largest absolute Gasteiger partial charge is 0.361 e. The van der Waals surface area contributed by atoms with E-state index in [2.05, 4.69) is 26.4 Å². The number of thiophene rings is 1. The Hall–Kier alpha value is -1.79. The van der Waals surface area contributed by atoms with Crippen molar-refractivity contribution in [3.05, 3.63) is 17.3 Å². The molecule has 0 saturated carbocycles. The molecule has 1 unspecified atom stereocenters. The molecule has 104 valence electrons. The van der Waals surface area contributed by atoms with Crippen LogP contribution in [0, 0.1) is 11.3 Å². The van der Waals surface area contributed by atoms with Crippen molar-refractivity contribution >= 4 is 27.4 Å². The van der Waals surface area contributed by atoms with Crippen molar-refractivity contribution in [2.24, 2.45) is 5.84 Å². The topological polar surface area (TPSA) is 100 Å². The highest BCUT2D eigenvalue weighted by Gasteiger charge is 2.21. The highest BCUT2D eigenvalue weighted by atomic mass is 32.1. The maximum atomic E-state index is 8.91. The number of nitrogen functional groups attached to an aromatic ring is 1. The molecule has 2 aromatic rings. The molecule has 2 aromatic heterocycles. The van der Waals surface area contributed by atoms with Gasteiger partial charge in [-0.15, -0.1) is 11.3 Å². The van der Waals surface area contributed by atoms with E-state index >= 15 is 0 Å². The Balaban J connectivity index is 1.82. The maximum Gasteiger partial charge on any atom is 0.156 e. The van der Waals surface area contributed by atoms with E-state index in [1.165, 1.54) is 0 Å². The van der Waals surface area contributed by atoms with Crippen LogP contribution in [0.15, 0.2) is 11.4 Å². The maximum absolute atomic E-state index is 8.91. The summed E-state index contributed by atoms with van der Waals surface area (Å²) in [4.78, 5) is 12.0. The molecule has 0 radical (unpaired) electrons. The first-order valence-corrected chi connectivity index (χ1v) is 7.12. The molecule has 8 heteroatoms. The first-order chi connectivity index (χ1) is 9.80. The number of nitrogens with zero attached hydrogens (tertiary/aromatic N) is 4. The Labute approximate surface area is 120 Å². The predicted octanol–water partition coefficient (Wildman–Crippen LogP) is 0.701. The second kappa shape index (κ2) is 5.68. The molecule has 0 aliphatic carbocycles. The average molecular weight is 290 g/mol. The van der Waals surface area contributed by atoms with Gasteiger partial charge in [0.05, 0.1) is 24.6 Å². The minimum atomic E-state index is -0.374. The number of hydrazine groups is 1. The number of nitrogens with one attached hydrogen (secondary N) is 1. The molecule has 1 aliphatic heterocycles. The molecule has 0 aromatic carbocycles. The van der Waals surface area contributed by atoms with Crippen LogP contribution in [0.2, 0.25) is 0 Å². The summed E-state index contributed by atoms with van der Waals surface area (Å²) < 4.78 is 5.32. The van der Waals surface area contributed by atoms with Gasteiger partial charge in [0.25, 0.3) is 0 Å². The minimum Gasteiger partial charge on any atom is -0.361 e. The fourth-order valence-electron chi connectivity index (χ4n) is 2.20. The molecule has 3 N–H and O–H groups in total. The number of fused-ring (bicyclic) bond motifs is 1. The third kappa shape index (κ3) is 2.57. The lowest BCUT2D eigenvalue weighted by Gasteiger charge is -2.28. The van der Waals surface area contributed by atoms with Gasteiger partial charge in [-0.05, 0) is 11.4 Å². The van der Waals surface area contributed by atoms with Crippen molar-refractivity contribution in [1.82, 2.24) is 14.9 Å². The van der Waals surface area contributed by atoms with Crippen molar-refractivity contribution < 1.29 is 4.74 Å². The zero-order chi connectivity index (χ0) is 13.9. The van der Waals surface area contributed by atoms with Crippen LogP contribution in [-0.4, -0.2) is 40.7 Å². The van der Waals surface area contributed by atoms with Crippen LogP contribution < -0.4 is 11.3 Å². The number of hydrogen-bond donors (Lipinski definition) is 2. The SMILES string of the molecule is N#CC1CN(Cc2nc(NN)c3ccsc3n2)CCO1. The van der Waals surface area contributed by atoms with Crippen molar-refractivity contribution in [3.63, 3.8) is 0 Å². The summed E-state index contributed by atoms with van der Waals surface area (Å²) in [6, 6.07) is 4.08. The van der Waals surface area contributed by atoms with E-state index in [1.54, 1.807) is 11.3 Å². The van der Waals surface area contributed by atoms with Crippen LogP contribution in [0.1, 0.15) is 5.82 Å². The molecule has 1 saturated heterocycles. The summed E-state index contributed by atoms with van der Waals surface area (Å²) in [5.74, 6) is 6.84. The van der Waals surface area contributed by atoms with Gasteiger partial charge in [0, 0.05) is 13.1 Å². The number of aromatic nitrogens is 2. The summed E-state index contributed by atoms with van der Waals surface area (Å²) in [6.45, 7) is 2.49. The summed E-state index contributed by atoms with van der Waals surface area (Å²) in [6.07, 6.45) is -0.374. The van der Waals surface area contributed by atoms with Crippen molar-refractivity contribution in [2.45, 2.75) is 12.6 Å². The Morgan fingerprint density at radius 2 is 2.50 bits per heavy atom. The molecule has 0 amide bonds. The van der Waals surface area contributed by atoms with Crippen LogP contribution in [0.3, 0.4) is 0 Å². The van der Waals surface area contributed by atoms with Gasteiger partial charge in [-0.25, -0.2) is 15.8 Å². The number of ether oxygens (including phenoxy) is 1. The zero-order valence-electron chi connectivity index (χ0n) is 10.7. The Morgan fingerprint density at radius 1 is 1.60 bits per heavy atom. The lowest BCUT2D eigenvalue weighted by molar-refractivity contribution is -0.00353. The summed E-state index contributed by atoms with van der Waals surface area (Å²) in [7, 11) is 0. The second-order valence-corrected chi connectivity index (χ2v) is 5.39. The first kappa shape index (κ1) is 13.2. The molecule has 0 bridgehead atoms. The highest BCUT2D eigenvalue weighted by Crippen LogP contribution is 2.24. The molecule has 1 aliphatic rings. The monoisotopic (exact) mass is 290 g/mol. The van der Waals surface area contributed by atoms with E-state index in [-0.39, 0.29) is 6.10 Å². The first-order valence-electron chi connectivity index (χ1n) is 6.24. The molecule has 1 fully saturated rings. The van der Waals surface area contributed by atoms with E-state index in [1.807, 2.05) is 11.4 Å². The smallest absolute Gasteiger partial charge is 0.156 e. The number of hydrogen-bond acceptors (Lipinski definition) is 8. The molecule has 0 spiro atoms. The van der Waals surface area contributed by atoms with Crippen LogP contribution >= 0.6 is 11.3 Å². The number of morpholine rings is 1. The molecule has 1 atom stereocenters. The highest BCUT2D eigenvalue weighted by molar-refractivity contribution is 7.16. The molecule has 20 heavy (non-hydrogen) atoms. The van der Waals surface area contributed by atoms with Gasteiger partial charge < -0.3 is 10.2 Å². The van der Waals surface area contributed by atoms with Crippen LogP contribution in [0.25, 0.3) is 10.2 Å². The van der Waals surface area contributed by atoms with E-state index < -0.39 is 0 Å². The molecular formula is C12H14N6OS. The number of nitrogens with two attached hydrogens (primary N) is 1. The average Bonchev–Trinajstić information content (AvgIpc) is 2.95. The quantitative estimate of drug-likeness (QED) is 0.634. The van der Waals surface area contributed by atoms with Gasteiger partial charge in [0.2, 0.25) is 0 Å². The molecule has 7 nitrogen and oxygen atoms in total. The summed E-state index contributed by atoms with van der Waals surface area (Å²) in [5.41, 5.74) is 2.61. The number of rotatable bonds is 3. The number of nitriles is 1. The van der Waals surface area contributed by atoms with Gasteiger partial charge in [0.15, 0.2) is 11.9 Å². The van der Waals surface area contributed by atoms with Crippen LogP contribution in [-0.2, 0) is 11.3 Å². The van der Waals surface area contributed by atoms with Crippen molar-refractivity contribution in [2.75, 3.05) is 25.1 Å². The Bertz CT molecular complexity index is 651. The normalized spacial score (nSPS) is 19.9. The molecule has 3 heterocycles. The van der Waals surface area contributed by atoms with Crippen molar-refractivity contribution in [3.8, 4) is 6.07 Å². The summed E-state index contributed by atoms with van der Waals surface area (Å²) >= 11 is 1.56. The van der Waals surface area contributed by atoms with Gasteiger partial charge in [-0.1, -0.05) is 0 Å². The van der Waals surface area contributed by atoms with E-state index in [9.17, 15) is 0 Å². The fourth-order valence-corrected chi connectivity index (χ4v) is 2.99. The Morgan fingerprint density at radius 3 is 3.30 bits per heavy atom. The van der Waals surface area contributed by atoms with E-state index in [4.69, 9.17) is 15.8 Å². The molecule has 3 rings (SSSR count). The fraction of sp³-hybridized carbons (Fsp3) is 0.417. The second-order valence-electron chi connectivity index (χ2n) is 4.50. The van der Waals surface area contributed by atoms with Crippen LogP contribution in [0.4, 0.5) is 5.82 Å². The minimum absolute atomic E-state index is 0.374. The Kier molecular flexibility index (Phi) is 3.75. The van der Waals surface area contributed by atoms with Gasteiger partial charge in [-0.3, -0.25) is 4.90 Å². The van der Waals surface area contributed by atoms with E-state index in [0.717, 1.165) is 16.8 Å². The number of anilines is 1. The third-order valence-electron chi connectivity index (χ3n) is 3.17. The van der Waals surface area contributed by atoms with Gasteiger partial charge >= 0.3 is 0 Å². The lowest BCUT2D eigenvalue weighted by Crippen LogP contribution is -2.41. The predicted molar refractivity (Wildman–Crippen MR) is 75.9 cm³/mol. The van der Waals surface area contributed by atoms with Crippen molar-refractivity contribution in [1.29, 1.82) is 5.26 Å². The summed E-state index contributed by atoms with van der Waals surface area (Å²) in [5, 5.41) is 11.8. The third-order valence-corrected chi connectivity index (χ3v) is 3.97. The molecular weight excluding hydrogens is 276 g/mol. The van der Waals surface area contributed by atoms with Gasteiger partial charge in [-0.2, -0.15) is 5.26 Å². The van der Waals surface area contributed by atoms with Crippen LogP contribution in [0.5, 0.6) is 0 Å².